The monoisotopic (exact) mass is 283 g/mol. The Bertz CT molecular complexity index is 302. The van der Waals surface area contributed by atoms with E-state index >= 15 is 0 Å². The normalized spacial score (nSPS) is 32.0. The maximum atomic E-state index is 12.2. The Balaban J connectivity index is 1.73. The van der Waals surface area contributed by atoms with Crippen molar-refractivity contribution >= 4 is 5.91 Å². The SMILES string of the molecule is CCC(OC1CCCC(C)C1)C(=O)NCC1CCOC1. The van der Waals surface area contributed by atoms with Gasteiger partial charge in [-0.3, -0.25) is 4.79 Å². The molecule has 2 rings (SSSR count). The van der Waals surface area contributed by atoms with E-state index in [2.05, 4.69) is 12.2 Å². The van der Waals surface area contributed by atoms with Crippen LogP contribution in [0.25, 0.3) is 0 Å². The number of amides is 1. The molecule has 0 radical (unpaired) electrons. The Kier molecular flexibility index (Phi) is 6.30. The van der Waals surface area contributed by atoms with Crippen LogP contribution >= 0.6 is 0 Å². The standard InChI is InChI=1S/C16H29NO3/c1-3-15(20-14-6-4-5-12(2)9-14)16(18)17-10-13-7-8-19-11-13/h12-15H,3-11H2,1-2H3,(H,17,18). The largest absolute Gasteiger partial charge is 0.381 e. The summed E-state index contributed by atoms with van der Waals surface area (Å²) in [5.41, 5.74) is 0. The smallest absolute Gasteiger partial charge is 0.249 e. The Morgan fingerprint density at radius 2 is 2.25 bits per heavy atom. The van der Waals surface area contributed by atoms with Gasteiger partial charge in [0.2, 0.25) is 5.91 Å². The third-order valence-corrected chi connectivity index (χ3v) is 4.50. The molecular weight excluding hydrogens is 254 g/mol. The summed E-state index contributed by atoms with van der Waals surface area (Å²) in [6.45, 7) is 6.62. The van der Waals surface area contributed by atoms with Gasteiger partial charge in [0.1, 0.15) is 6.10 Å². The van der Waals surface area contributed by atoms with Crippen molar-refractivity contribution in [2.24, 2.45) is 11.8 Å². The first-order chi connectivity index (χ1) is 9.69. The fourth-order valence-electron chi connectivity index (χ4n) is 3.18. The van der Waals surface area contributed by atoms with E-state index in [0.29, 0.717) is 5.92 Å². The minimum atomic E-state index is -0.285. The average molecular weight is 283 g/mol. The van der Waals surface area contributed by atoms with Gasteiger partial charge in [-0.2, -0.15) is 0 Å². The molecule has 0 aromatic heterocycles. The van der Waals surface area contributed by atoms with Gasteiger partial charge >= 0.3 is 0 Å². The Labute approximate surface area is 122 Å². The van der Waals surface area contributed by atoms with E-state index in [1.807, 2.05) is 6.92 Å². The molecule has 1 N–H and O–H groups in total. The van der Waals surface area contributed by atoms with Crippen molar-refractivity contribution in [2.45, 2.75) is 64.6 Å². The van der Waals surface area contributed by atoms with Crippen LogP contribution in [-0.4, -0.2) is 37.9 Å². The van der Waals surface area contributed by atoms with Gasteiger partial charge < -0.3 is 14.8 Å². The Morgan fingerprint density at radius 1 is 1.40 bits per heavy atom. The molecule has 2 aliphatic rings. The summed E-state index contributed by atoms with van der Waals surface area (Å²) >= 11 is 0. The zero-order valence-electron chi connectivity index (χ0n) is 12.9. The number of nitrogens with one attached hydrogen (secondary N) is 1. The molecule has 4 nitrogen and oxygen atoms in total. The minimum absolute atomic E-state index is 0.0534. The lowest BCUT2D eigenvalue weighted by Gasteiger charge is -2.30. The number of hydrogen-bond acceptors (Lipinski definition) is 3. The van der Waals surface area contributed by atoms with Crippen molar-refractivity contribution in [3.63, 3.8) is 0 Å². The highest BCUT2D eigenvalue weighted by Crippen LogP contribution is 2.27. The molecule has 4 atom stereocenters. The van der Waals surface area contributed by atoms with E-state index in [-0.39, 0.29) is 18.1 Å². The van der Waals surface area contributed by atoms with Crippen LogP contribution in [0, 0.1) is 11.8 Å². The van der Waals surface area contributed by atoms with Crippen LogP contribution in [0.5, 0.6) is 0 Å². The van der Waals surface area contributed by atoms with Crippen LogP contribution in [0.15, 0.2) is 0 Å². The quantitative estimate of drug-likeness (QED) is 0.815. The predicted molar refractivity (Wildman–Crippen MR) is 78.5 cm³/mol. The van der Waals surface area contributed by atoms with Crippen LogP contribution < -0.4 is 5.32 Å². The number of carbonyl (C=O) groups excluding carboxylic acids is 1. The summed E-state index contributed by atoms with van der Waals surface area (Å²) in [6.07, 6.45) is 6.51. The first kappa shape index (κ1) is 15.8. The highest BCUT2D eigenvalue weighted by molar-refractivity contribution is 5.80. The first-order valence-corrected chi connectivity index (χ1v) is 8.20. The molecule has 1 saturated heterocycles. The topological polar surface area (TPSA) is 47.6 Å². The second-order valence-corrected chi connectivity index (χ2v) is 6.40. The predicted octanol–water partition coefficient (Wildman–Crippen LogP) is 2.51. The first-order valence-electron chi connectivity index (χ1n) is 8.20. The molecule has 2 fully saturated rings. The number of carbonyl (C=O) groups is 1. The third-order valence-electron chi connectivity index (χ3n) is 4.50. The lowest BCUT2D eigenvalue weighted by Crippen LogP contribution is -2.41. The molecule has 1 aliphatic carbocycles. The summed E-state index contributed by atoms with van der Waals surface area (Å²) in [5.74, 6) is 1.26. The molecular formula is C16H29NO3. The van der Waals surface area contributed by atoms with Crippen molar-refractivity contribution < 1.29 is 14.3 Å². The molecule has 1 aliphatic heterocycles. The highest BCUT2D eigenvalue weighted by atomic mass is 16.5. The molecule has 4 unspecified atom stereocenters. The van der Waals surface area contributed by atoms with E-state index in [1.165, 1.54) is 12.8 Å². The lowest BCUT2D eigenvalue weighted by atomic mass is 9.88. The van der Waals surface area contributed by atoms with Crippen molar-refractivity contribution in [3.8, 4) is 0 Å². The van der Waals surface area contributed by atoms with E-state index in [4.69, 9.17) is 9.47 Å². The highest BCUT2D eigenvalue weighted by Gasteiger charge is 2.26. The zero-order chi connectivity index (χ0) is 14.4. The average Bonchev–Trinajstić information content (AvgIpc) is 2.95. The summed E-state index contributed by atoms with van der Waals surface area (Å²) in [7, 11) is 0. The third kappa shape index (κ3) is 4.74. The number of rotatable bonds is 6. The summed E-state index contributed by atoms with van der Waals surface area (Å²) < 4.78 is 11.4. The Hall–Kier alpha value is -0.610. The molecule has 0 aromatic rings. The van der Waals surface area contributed by atoms with Gasteiger partial charge in [-0.05, 0) is 31.6 Å². The van der Waals surface area contributed by atoms with Gasteiger partial charge in [0.25, 0.3) is 0 Å². The Morgan fingerprint density at radius 3 is 2.90 bits per heavy atom. The molecule has 116 valence electrons. The van der Waals surface area contributed by atoms with Crippen LogP contribution in [0.4, 0.5) is 0 Å². The fraction of sp³-hybridized carbons (Fsp3) is 0.938. The van der Waals surface area contributed by atoms with Gasteiger partial charge in [0.05, 0.1) is 12.7 Å². The molecule has 4 heteroatoms. The summed E-state index contributed by atoms with van der Waals surface area (Å²) in [5, 5.41) is 3.03. The van der Waals surface area contributed by atoms with Gasteiger partial charge in [-0.15, -0.1) is 0 Å². The van der Waals surface area contributed by atoms with E-state index in [1.54, 1.807) is 0 Å². The summed E-state index contributed by atoms with van der Waals surface area (Å²) in [6, 6.07) is 0. The van der Waals surface area contributed by atoms with Crippen molar-refractivity contribution in [2.75, 3.05) is 19.8 Å². The number of hydrogen-bond donors (Lipinski definition) is 1. The van der Waals surface area contributed by atoms with Gasteiger partial charge in [0, 0.05) is 19.1 Å². The molecule has 0 bridgehead atoms. The van der Waals surface area contributed by atoms with Crippen LogP contribution in [0.1, 0.15) is 52.4 Å². The zero-order valence-corrected chi connectivity index (χ0v) is 12.9. The van der Waals surface area contributed by atoms with Gasteiger partial charge in [0.15, 0.2) is 0 Å². The van der Waals surface area contributed by atoms with E-state index in [9.17, 15) is 4.79 Å². The molecule has 0 aromatic carbocycles. The number of ether oxygens (including phenoxy) is 2. The van der Waals surface area contributed by atoms with Crippen molar-refractivity contribution in [1.82, 2.24) is 5.32 Å². The fourth-order valence-corrected chi connectivity index (χ4v) is 3.18. The molecule has 1 heterocycles. The second-order valence-electron chi connectivity index (χ2n) is 6.40. The molecule has 1 amide bonds. The van der Waals surface area contributed by atoms with Crippen molar-refractivity contribution in [1.29, 1.82) is 0 Å². The minimum Gasteiger partial charge on any atom is -0.381 e. The maximum Gasteiger partial charge on any atom is 0.249 e. The van der Waals surface area contributed by atoms with E-state index in [0.717, 1.165) is 51.4 Å². The van der Waals surface area contributed by atoms with Crippen LogP contribution in [0.3, 0.4) is 0 Å². The van der Waals surface area contributed by atoms with Crippen LogP contribution in [-0.2, 0) is 14.3 Å². The van der Waals surface area contributed by atoms with Crippen molar-refractivity contribution in [3.05, 3.63) is 0 Å². The molecule has 0 spiro atoms. The van der Waals surface area contributed by atoms with E-state index < -0.39 is 0 Å². The molecule has 20 heavy (non-hydrogen) atoms. The van der Waals surface area contributed by atoms with Gasteiger partial charge in [-0.1, -0.05) is 26.7 Å². The summed E-state index contributed by atoms with van der Waals surface area (Å²) in [4.78, 5) is 12.2. The maximum absolute atomic E-state index is 12.2. The molecule has 1 saturated carbocycles. The second kappa shape index (κ2) is 7.99. The van der Waals surface area contributed by atoms with Gasteiger partial charge in [-0.25, -0.2) is 0 Å². The lowest BCUT2D eigenvalue weighted by molar-refractivity contribution is -0.139. The van der Waals surface area contributed by atoms with Crippen LogP contribution in [0.2, 0.25) is 0 Å².